The fraction of sp³-hybridized carbons (Fsp3) is 0.500. The summed E-state index contributed by atoms with van der Waals surface area (Å²) in [5.74, 6) is 1.12. The van der Waals surface area contributed by atoms with Crippen molar-refractivity contribution in [2.24, 2.45) is 0 Å². The second kappa shape index (κ2) is 5.57. The van der Waals surface area contributed by atoms with Crippen LogP contribution in [0.15, 0.2) is 24.3 Å². The van der Waals surface area contributed by atoms with E-state index in [4.69, 9.17) is 0 Å². The molecule has 112 valence electrons. The number of thioether (sulfide) groups is 1. The predicted molar refractivity (Wildman–Crippen MR) is 73.1 cm³/mol. The van der Waals surface area contributed by atoms with E-state index in [1.165, 1.54) is 10.4 Å². The van der Waals surface area contributed by atoms with E-state index in [1.807, 2.05) is 0 Å². The molecule has 20 heavy (non-hydrogen) atoms. The average Bonchev–Trinajstić information content (AvgIpc) is 2.37. The van der Waals surface area contributed by atoms with Crippen molar-refractivity contribution in [3.05, 3.63) is 35.4 Å². The molecule has 1 fully saturated rings. The first kappa shape index (κ1) is 15.7. The molecule has 1 atom stereocenters. The zero-order chi connectivity index (χ0) is 15.0. The molecule has 0 unspecified atom stereocenters. The van der Waals surface area contributed by atoms with Crippen molar-refractivity contribution >= 4 is 21.8 Å². The van der Waals surface area contributed by atoms with Crippen LogP contribution in [0.5, 0.6) is 0 Å². The lowest BCUT2D eigenvalue weighted by Crippen LogP contribution is -2.40. The lowest BCUT2D eigenvalue weighted by atomic mass is 10.0. The first-order valence-corrected chi connectivity index (χ1v) is 8.91. The van der Waals surface area contributed by atoms with Gasteiger partial charge < -0.3 is 0 Å². The van der Waals surface area contributed by atoms with E-state index in [0.29, 0.717) is 23.6 Å². The second-order valence-electron chi connectivity index (χ2n) is 4.59. The fourth-order valence-corrected chi connectivity index (χ4v) is 4.55. The highest BCUT2D eigenvalue weighted by Gasteiger charge is 2.34. The molecule has 0 bridgehead atoms. The largest absolute Gasteiger partial charge is 0.416 e. The maximum Gasteiger partial charge on any atom is 0.416 e. The van der Waals surface area contributed by atoms with Crippen LogP contribution < -0.4 is 0 Å². The minimum atomic E-state index is -4.42. The fourth-order valence-electron chi connectivity index (χ4n) is 2.17. The summed E-state index contributed by atoms with van der Waals surface area (Å²) >= 11 is 1.54. The first-order valence-electron chi connectivity index (χ1n) is 5.91. The van der Waals surface area contributed by atoms with Crippen molar-refractivity contribution in [3.63, 3.8) is 0 Å². The van der Waals surface area contributed by atoms with Crippen LogP contribution in [0, 0.1) is 0 Å². The van der Waals surface area contributed by atoms with Crippen molar-refractivity contribution in [3.8, 4) is 0 Å². The average molecular weight is 325 g/mol. The minimum Gasteiger partial charge on any atom is -0.212 e. The zero-order valence-electron chi connectivity index (χ0n) is 10.7. The smallest absolute Gasteiger partial charge is 0.212 e. The van der Waals surface area contributed by atoms with E-state index in [0.717, 1.165) is 18.4 Å². The number of nitrogens with zero attached hydrogens (tertiary/aromatic N) is 1. The van der Waals surface area contributed by atoms with Crippen molar-refractivity contribution in [2.45, 2.75) is 12.2 Å². The summed E-state index contributed by atoms with van der Waals surface area (Å²) in [4.78, 5) is 0. The van der Waals surface area contributed by atoms with Crippen LogP contribution in [0.1, 0.15) is 17.2 Å². The van der Waals surface area contributed by atoms with Crippen LogP contribution in [0.2, 0.25) is 0 Å². The summed E-state index contributed by atoms with van der Waals surface area (Å²) in [6.07, 6.45) is -3.34. The molecule has 0 radical (unpaired) electrons. The van der Waals surface area contributed by atoms with Crippen LogP contribution in [0.3, 0.4) is 0 Å². The molecule has 1 aromatic rings. The molecule has 1 aliphatic heterocycles. The summed E-state index contributed by atoms with van der Waals surface area (Å²) in [6, 6.07) is 4.35. The predicted octanol–water partition coefficient (Wildman–Crippen LogP) is 2.75. The molecule has 1 heterocycles. The van der Waals surface area contributed by atoms with Crippen LogP contribution >= 0.6 is 11.8 Å². The van der Waals surface area contributed by atoms with Gasteiger partial charge in [-0.2, -0.15) is 29.2 Å². The molecule has 0 N–H and O–H groups in total. The Morgan fingerprint density at radius 1 is 1.35 bits per heavy atom. The summed E-state index contributed by atoms with van der Waals surface area (Å²) < 4.78 is 63.0. The molecule has 8 heteroatoms. The van der Waals surface area contributed by atoms with Crippen LogP contribution in [0.25, 0.3) is 0 Å². The Morgan fingerprint density at radius 3 is 2.65 bits per heavy atom. The third-order valence-corrected chi connectivity index (χ3v) is 5.42. The van der Waals surface area contributed by atoms with Crippen molar-refractivity contribution < 1.29 is 21.6 Å². The van der Waals surface area contributed by atoms with Crippen molar-refractivity contribution in [1.29, 1.82) is 0 Å². The van der Waals surface area contributed by atoms with Gasteiger partial charge >= 0.3 is 6.18 Å². The summed E-state index contributed by atoms with van der Waals surface area (Å²) in [7, 11) is -3.43. The van der Waals surface area contributed by atoms with E-state index >= 15 is 0 Å². The lowest BCUT2D eigenvalue weighted by Gasteiger charge is -2.33. The maximum atomic E-state index is 12.7. The summed E-state index contributed by atoms with van der Waals surface area (Å²) in [5, 5.41) is 0. The van der Waals surface area contributed by atoms with Gasteiger partial charge in [-0.25, -0.2) is 8.42 Å². The van der Waals surface area contributed by atoms with Crippen LogP contribution in [-0.4, -0.2) is 37.0 Å². The lowest BCUT2D eigenvalue weighted by molar-refractivity contribution is -0.137. The maximum absolute atomic E-state index is 12.7. The van der Waals surface area contributed by atoms with E-state index < -0.39 is 27.8 Å². The molecule has 0 amide bonds. The van der Waals surface area contributed by atoms with Gasteiger partial charge in [0.25, 0.3) is 0 Å². The van der Waals surface area contributed by atoms with Crippen molar-refractivity contribution in [1.82, 2.24) is 4.31 Å². The Hall–Kier alpha value is -0.730. The molecule has 2 rings (SSSR count). The summed E-state index contributed by atoms with van der Waals surface area (Å²) in [5.41, 5.74) is -0.364. The highest BCUT2D eigenvalue weighted by atomic mass is 32.2. The molecule has 1 saturated heterocycles. The number of sulfonamides is 1. The Kier molecular flexibility index (Phi) is 4.36. The van der Waals surface area contributed by atoms with Gasteiger partial charge in [0.15, 0.2) is 0 Å². The molecule has 0 spiro atoms. The Morgan fingerprint density at radius 2 is 2.05 bits per heavy atom. The third kappa shape index (κ3) is 3.48. The highest BCUT2D eigenvalue weighted by Crippen LogP contribution is 2.35. The quantitative estimate of drug-likeness (QED) is 0.839. The molecule has 1 aromatic carbocycles. The van der Waals surface area contributed by atoms with E-state index in [9.17, 15) is 21.6 Å². The second-order valence-corrected chi connectivity index (χ2v) is 7.67. The van der Waals surface area contributed by atoms with Gasteiger partial charge in [-0.3, -0.25) is 0 Å². The minimum absolute atomic E-state index is 0.324. The van der Waals surface area contributed by atoms with E-state index in [2.05, 4.69) is 0 Å². The molecule has 3 nitrogen and oxygen atoms in total. The zero-order valence-corrected chi connectivity index (χ0v) is 12.4. The van der Waals surface area contributed by atoms with Crippen LogP contribution in [-0.2, 0) is 16.2 Å². The van der Waals surface area contributed by atoms with Gasteiger partial charge in [0.05, 0.1) is 17.9 Å². The number of rotatable bonds is 2. The van der Waals surface area contributed by atoms with Gasteiger partial charge in [0.1, 0.15) is 0 Å². The van der Waals surface area contributed by atoms with E-state index in [-0.39, 0.29) is 0 Å². The topological polar surface area (TPSA) is 37.4 Å². The third-order valence-electron chi connectivity index (χ3n) is 3.10. The standard InChI is InChI=1S/C12H14F3NO2S2/c1-20(17,18)16-5-6-19-8-11(16)9-3-2-4-10(7-9)12(13,14)15/h2-4,7,11H,5-6,8H2,1H3/t11-/m1/s1. The molecule has 1 aliphatic rings. The molecule has 0 saturated carbocycles. The monoisotopic (exact) mass is 325 g/mol. The van der Waals surface area contributed by atoms with Gasteiger partial charge in [-0.1, -0.05) is 12.1 Å². The molecule has 0 aromatic heterocycles. The number of benzene rings is 1. The molecule has 0 aliphatic carbocycles. The molecular formula is C12H14F3NO2S2. The highest BCUT2D eigenvalue weighted by molar-refractivity contribution is 7.99. The summed E-state index contributed by atoms with van der Waals surface area (Å²) in [6.45, 7) is 0.324. The SMILES string of the molecule is CS(=O)(=O)N1CCSC[C@@H]1c1cccc(C(F)(F)F)c1. The van der Waals surface area contributed by atoms with Gasteiger partial charge in [-0.05, 0) is 17.7 Å². The Balaban J connectivity index is 2.38. The number of hydrogen-bond acceptors (Lipinski definition) is 3. The Labute approximate surface area is 120 Å². The van der Waals surface area contributed by atoms with Gasteiger partial charge in [0, 0.05) is 18.1 Å². The number of alkyl halides is 3. The Bertz CT molecular complexity index is 587. The van der Waals surface area contributed by atoms with Gasteiger partial charge in [0.2, 0.25) is 10.0 Å². The molecular weight excluding hydrogens is 311 g/mol. The first-order chi connectivity index (χ1) is 9.19. The normalized spacial score (nSPS) is 21.9. The van der Waals surface area contributed by atoms with E-state index in [1.54, 1.807) is 17.8 Å². The van der Waals surface area contributed by atoms with Crippen molar-refractivity contribution in [2.75, 3.05) is 24.3 Å². The van der Waals surface area contributed by atoms with Gasteiger partial charge in [-0.15, -0.1) is 0 Å². The van der Waals surface area contributed by atoms with Crippen LogP contribution in [0.4, 0.5) is 13.2 Å². The number of halogens is 3. The number of hydrogen-bond donors (Lipinski definition) is 0.